The average Bonchev–Trinajstić information content (AvgIpc) is 3.26. The fraction of sp³-hybridized carbons (Fsp3) is 0.520. The Bertz CT molecular complexity index is 870. The quantitative estimate of drug-likeness (QED) is 0.780. The second-order valence-corrected chi connectivity index (χ2v) is 8.20. The number of likely N-dealkylation sites (N-methyl/N-ethyl adjacent to an activating group) is 1. The molecule has 1 N–H and O–H groups in total. The predicted octanol–water partition coefficient (Wildman–Crippen LogP) is 4.65. The van der Waals surface area contributed by atoms with Gasteiger partial charge in [-0.05, 0) is 69.5 Å². The molecule has 1 unspecified atom stereocenters. The monoisotopic (exact) mass is 422 g/mol. The zero-order valence-electron chi connectivity index (χ0n) is 18.6. The Hall–Kier alpha value is -2.60. The van der Waals surface area contributed by atoms with E-state index in [1.165, 1.54) is 19.4 Å². The van der Waals surface area contributed by atoms with Gasteiger partial charge in [0, 0.05) is 25.3 Å². The molecule has 2 aromatic rings. The molecular formula is C25H34N4O2. The number of aliphatic imine (C=N–C) groups is 1. The second kappa shape index (κ2) is 11.1. The number of ether oxygens (including phenoxy) is 2. The van der Waals surface area contributed by atoms with Crippen molar-refractivity contribution in [2.24, 2.45) is 4.99 Å². The molecule has 0 saturated carbocycles. The van der Waals surface area contributed by atoms with Gasteiger partial charge < -0.3 is 14.8 Å². The molecule has 1 saturated heterocycles. The van der Waals surface area contributed by atoms with E-state index in [4.69, 9.17) is 14.5 Å². The lowest BCUT2D eigenvalue weighted by Crippen LogP contribution is -2.40. The van der Waals surface area contributed by atoms with E-state index in [-0.39, 0.29) is 0 Å². The molecule has 0 bridgehead atoms. The summed E-state index contributed by atoms with van der Waals surface area (Å²) in [5, 5.41) is 3.65. The van der Waals surface area contributed by atoms with Crippen LogP contribution in [0.1, 0.15) is 51.0 Å². The van der Waals surface area contributed by atoms with Crippen molar-refractivity contribution in [1.29, 1.82) is 0 Å². The third-order valence-corrected chi connectivity index (χ3v) is 6.07. The first-order chi connectivity index (χ1) is 15.3. The zero-order chi connectivity index (χ0) is 21.3. The molecule has 6 nitrogen and oxygen atoms in total. The van der Waals surface area contributed by atoms with Gasteiger partial charge in [-0.15, -0.1) is 0 Å². The molecule has 166 valence electrons. The van der Waals surface area contributed by atoms with Crippen molar-refractivity contribution < 1.29 is 9.47 Å². The zero-order valence-corrected chi connectivity index (χ0v) is 18.6. The lowest BCUT2D eigenvalue weighted by atomic mass is 10.2. The van der Waals surface area contributed by atoms with Crippen molar-refractivity contribution in [2.45, 2.75) is 51.5 Å². The average molecular weight is 423 g/mol. The van der Waals surface area contributed by atoms with Crippen LogP contribution < -0.4 is 14.8 Å². The van der Waals surface area contributed by atoms with E-state index >= 15 is 0 Å². The van der Waals surface area contributed by atoms with Gasteiger partial charge in [0.1, 0.15) is 5.84 Å². The van der Waals surface area contributed by atoms with Gasteiger partial charge in [0.15, 0.2) is 11.5 Å². The van der Waals surface area contributed by atoms with Gasteiger partial charge in [-0.3, -0.25) is 9.89 Å². The summed E-state index contributed by atoms with van der Waals surface area (Å²) in [6, 6.07) is 12.4. The van der Waals surface area contributed by atoms with Crippen LogP contribution in [-0.2, 0) is 0 Å². The molecule has 4 rings (SSSR count). The van der Waals surface area contributed by atoms with E-state index < -0.39 is 0 Å². The molecule has 6 heteroatoms. The highest BCUT2D eigenvalue weighted by molar-refractivity contribution is 6.00. The second-order valence-electron chi connectivity index (χ2n) is 8.20. The summed E-state index contributed by atoms with van der Waals surface area (Å²) < 4.78 is 12.3. The first-order valence-corrected chi connectivity index (χ1v) is 11.7. The first-order valence-electron chi connectivity index (χ1n) is 11.7. The van der Waals surface area contributed by atoms with Crippen LogP contribution in [0, 0.1) is 0 Å². The van der Waals surface area contributed by atoms with E-state index in [0.29, 0.717) is 24.3 Å². The van der Waals surface area contributed by atoms with Gasteiger partial charge in [-0.25, -0.2) is 4.98 Å². The van der Waals surface area contributed by atoms with E-state index in [2.05, 4.69) is 22.1 Å². The van der Waals surface area contributed by atoms with Crippen molar-refractivity contribution >= 4 is 5.84 Å². The van der Waals surface area contributed by atoms with Crippen LogP contribution in [0.4, 0.5) is 0 Å². The number of likely N-dealkylation sites (tertiary alicyclic amines) is 1. The molecule has 0 radical (unpaired) electrons. The maximum Gasteiger partial charge on any atom is 0.230 e. The number of rotatable bonds is 3. The maximum absolute atomic E-state index is 6.26. The number of para-hydroxylation sites is 2. The number of hydrogen-bond acceptors (Lipinski definition) is 6. The van der Waals surface area contributed by atoms with Crippen LogP contribution in [0.15, 0.2) is 47.6 Å². The standard InChI is InChI=1S/C25H34N4O2/c1-2-29-17-10-11-20(29)19-28-24-21-12-9-16-27-25(21)31-23-14-6-5-13-22(23)30-18-8-4-3-7-15-26-24/h5-6,9,12-14,16,20H,2-4,7-8,10-11,15,17-19H2,1H3,(H,26,28). The van der Waals surface area contributed by atoms with Gasteiger partial charge in [-0.2, -0.15) is 0 Å². The summed E-state index contributed by atoms with van der Waals surface area (Å²) in [6.45, 7) is 6.91. The van der Waals surface area contributed by atoms with Gasteiger partial charge >= 0.3 is 0 Å². The van der Waals surface area contributed by atoms with Gasteiger partial charge in [0.05, 0.1) is 12.2 Å². The summed E-state index contributed by atoms with van der Waals surface area (Å²) in [5.41, 5.74) is 0.899. The van der Waals surface area contributed by atoms with Crippen LogP contribution in [0.5, 0.6) is 17.4 Å². The van der Waals surface area contributed by atoms with Gasteiger partial charge in [-0.1, -0.05) is 25.5 Å². The predicted molar refractivity (Wildman–Crippen MR) is 124 cm³/mol. The number of pyridine rings is 1. The SMILES string of the molecule is CCN1CCCC1CNC1=NCCCCCCOc2ccccc2Oc2ncccc21. The fourth-order valence-corrected chi connectivity index (χ4v) is 4.34. The number of benzene rings is 1. The molecule has 2 aliphatic rings. The number of fused-ring (bicyclic) bond motifs is 2. The largest absolute Gasteiger partial charge is 0.490 e. The lowest BCUT2D eigenvalue weighted by molar-refractivity contribution is 0.267. The number of hydrogen-bond donors (Lipinski definition) is 1. The van der Waals surface area contributed by atoms with E-state index in [1.807, 2.05) is 36.4 Å². The maximum atomic E-state index is 6.26. The Labute approximate surface area is 185 Å². The summed E-state index contributed by atoms with van der Waals surface area (Å²) in [4.78, 5) is 12.0. The molecule has 3 heterocycles. The molecule has 1 aromatic heterocycles. The van der Waals surface area contributed by atoms with Crippen LogP contribution >= 0.6 is 0 Å². The van der Waals surface area contributed by atoms with Crippen LogP contribution in [0.2, 0.25) is 0 Å². The van der Waals surface area contributed by atoms with E-state index in [1.54, 1.807) is 6.20 Å². The van der Waals surface area contributed by atoms with E-state index in [9.17, 15) is 0 Å². The molecule has 31 heavy (non-hydrogen) atoms. The van der Waals surface area contributed by atoms with Gasteiger partial charge in [0.25, 0.3) is 0 Å². The Morgan fingerprint density at radius 1 is 1.03 bits per heavy atom. The lowest BCUT2D eigenvalue weighted by Gasteiger charge is -2.24. The molecule has 0 aliphatic carbocycles. The summed E-state index contributed by atoms with van der Waals surface area (Å²) >= 11 is 0. The third-order valence-electron chi connectivity index (χ3n) is 6.07. The minimum absolute atomic E-state index is 0.552. The number of aromatic nitrogens is 1. The fourth-order valence-electron chi connectivity index (χ4n) is 4.34. The van der Waals surface area contributed by atoms with Crippen LogP contribution in [-0.4, -0.2) is 54.5 Å². The number of nitrogens with zero attached hydrogens (tertiary/aromatic N) is 3. The van der Waals surface area contributed by atoms with Crippen LogP contribution in [0.25, 0.3) is 0 Å². The highest BCUT2D eigenvalue weighted by atomic mass is 16.5. The molecule has 2 aliphatic heterocycles. The number of amidine groups is 1. The van der Waals surface area contributed by atoms with Crippen molar-refractivity contribution in [2.75, 3.05) is 32.8 Å². The summed E-state index contributed by atoms with van der Waals surface area (Å²) in [7, 11) is 0. The minimum Gasteiger partial charge on any atom is -0.490 e. The molecule has 1 atom stereocenters. The van der Waals surface area contributed by atoms with Gasteiger partial charge in [0.2, 0.25) is 5.88 Å². The minimum atomic E-state index is 0.552. The molecule has 1 fully saturated rings. The summed E-state index contributed by atoms with van der Waals surface area (Å²) in [6.07, 6.45) is 8.67. The first kappa shape index (κ1) is 21.6. The van der Waals surface area contributed by atoms with E-state index in [0.717, 1.165) is 62.5 Å². The topological polar surface area (TPSA) is 59.0 Å². The Morgan fingerprint density at radius 3 is 2.81 bits per heavy atom. The Morgan fingerprint density at radius 2 is 1.90 bits per heavy atom. The third kappa shape index (κ3) is 5.76. The highest BCUT2D eigenvalue weighted by Gasteiger charge is 2.24. The van der Waals surface area contributed by atoms with Crippen molar-refractivity contribution in [1.82, 2.24) is 15.2 Å². The van der Waals surface area contributed by atoms with Crippen LogP contribution in [0.3, 0.4) is 0 Å². The number of nitrogens with one attached hydrogen (secondary N) is 1. The van der Waals surface area contributed by atoms with Crippen molar-refractivity contribution in [3.8, 4) is 17.4 Å². The molecule has 1 aromatic carbocycles. The van der Waals surface area contributed by atoms with Crippen molar-refractivity contribution in [3.63, 3.8) is 0 Å². The molecule has 0 spiro atoms. The Kier molecular flexibility index (Phi) is 7.77. The van der Waals surface area contributed by atoms with Crippen molar-refractivity contribution in [3.05, 3.63) is 48.2 Å². The smallest absolute Gasteiger partial charge is 0.230 e. The molecule has 0 amide bonds. The normalized spacial score (nSPS) is 20.4. The Balaban J connectivity index is 1.60. The summed E-state index contributed by atoms with van der Waals surface area (Å²) in [5.74, 6) is 2.88. The molecular weight excluding hydrogens is 388 g/mol. The highest BCUT2D eigenvalue weighted by Crippen LogP contribution is 2.32.